The van der Waals surface area contributed by atoms with Crippen LogP contribution in [0.1, 0.15) is 6.92 Å². The molecule has 0 amide bonds. The summed E-state index contributed by atoms with van der Waals surface area (Å²) in [6.45, 7) is 1.67. The Morgan fingerprint density at radius 3 is 2.57 bits per heavy atom. The van der Waals surface area contributed by atoms with Crippen LogP contribution in [0, 0.1) is 11.3 Å². The molecule has 0 aromatic rings. The van der Waals surface area contributed by atoms with Crippen LogP contribution in [0.3, 0.4) is 0 Å². The zero-order chi connectivity index (χ0) is 5.70. The van der Waals surface area contributed by atoms with Gasteiger partial charge in [-0.25, -0.2) is 0 Å². The van der Waals surface area contributed by atoms with Crippen LogP contribution in [0.25, 0.3) is 0 Å². The lowest BCUT2D eigenvalue weighted by atomic mass is 10.5. The number of nitrogens with zero attached hydrogens (tertiary/aromatic N) is 1. The number of hydrogen-bond donors (Lipinski definition) is 1. The number of allylic oxidation sites excluding steroid dienone is 1. The highest BCUT2D eigenvalue weighted by molar-refractivity contribution is 5.09. The fraction of sp³-hybridized carbons (Fsp3) is 0.200. The van der Waals surface area contributed by atoms with Crippen LogP contribution in [0.15, 0.2) is 17.6 Å². The highest BCUT2D eigenvalue weighted by atomic mass is 16.3. The molecular formula is C5H5NO. The van der Waals surface area contributed by atoms with E-state index in [0.29, 0.717) is 0 Å². The molecule has 0 radical (unpaired) electrons. The molecule has 0 saturated heterocycles. The van der Waals surface area contributed by atoms with Gasteiger partial charge >= 0.3 is 0 Å². The molecular weight excluding hydrogens is 90.1 g/mol. The number of hydrogen-bond acceptors (Lipinski definition) is 2. The third-order valence-electron chi connectivity index (χ3n) is 0.387. The van der Waals surface area contributed by atoms with Gasteiger partial charge in [0.15, 0.2) is 0 Å². The van der Waals surface area contributed by atoms with E-state index in [1.54, 1.807) is 6.92 Å². The molecule has 1 N–H and O–H groups in total. The number of aliphatic hydroxyl groups is 1. The largest absolute Gasteiger partial charge is 0.494 e. The minimum Gasteiger partial charge on any atom is -0.494 e. The van der Waals surface area contributed by atoms with E-state index in [0.717, 1.165) is 0 Å². The van der Waals surface area contributed by atoms with Crippen molar-refractivity contribution in [3.8, 4) is 6.07 Å². The SMILES string of the molecule is CC=C=C(O)C#N. The van der Waals surface area contributed by atoms with Crippen molar-refractivity contribution in [1.82, 2.24) is 0 Å². The fourth-order valence-corrected chi connectivity index (χ4v) is 0.169. The van der Waals surface area contributed by atoms with Crippen molar-refractivity contribution in [3.05, 3.63) is 17.6 Å². The Bertz CT molecular complexity index is 146. The van der Waals surface area contributed by atoms with Crippen molar-refractivity contribution >= 4 is 0 Å². The van der Waals surface area contributed by atoms with Crippen molar-refractivity contribution < 1.29 is 5.11 Å². The Hall–Kier alpha value is -1.19. The summed E-state index contributed by atoms with van der Waals surface area (Å²) in [5, 5.41) is 16.1. The molecule has 0 heterocycles. The first-order valence-electron chi connectivity index (χ1n) is 1.81. The number of rotatable bonds is 0. The molecule has 0 rings (SSSR count). The maximum absolute atomic E-state index is 8.27. The van der Waals surface area contributed by atoms with Crippen LogP contribution < -0.4 is 0 Å². The number of aliphatic hydroxyl groups excluding tert-OH is 1. The van der Waals surface area contributed by atoms with Crippen LogP contribution in [0.5, 0.6) is 0 Å². The van der Waals surface area contributed by atoms with Gasteiger partial charge < -0.3 is 5.11 Å². The molecule has 0 fully saturated rings. The standard InChI is InChI=1S/C5H5NO/c1-2-3-5(7)4-6/h2,7H,1H3. The average molecular weight is 95.1 g/mol. The summed E-state index contributed by atoms with van der Waals surface area (Å²) in [6.07, 6.45) is 1.47. The Kier molecular flexibility index (Phi) is 2.50. The Labute approximate surface area is 42.0 Å². The Balaban J connectivity index is 4.10. The summed E-state index contributed by atoms with van der Waals surface area (Å²) in [5.74, 6) is -0.373. The maximum Gasteiger partial charge on any atom is 0.239 e. The van der Waals surface area contributed by atoms with Gasteiger partial charge in [-0.1, -0.05) is 5.73 Å². The fourth-order valence-electron chi connectivity index (χ4n) is 0.169. The molecule has 0 saturated carbocycles. The molecule has 0 aromatic carbocycles. The predicted octanol–water partition coefficient (Wildman–Crippen LogP) is 1.13. The minimum absolute atomic E-state index is 0.373. The summed E-state index contributed by atoms with van der Waals surface area (Å²) in [5.41, 5.74) is 2.28. The first-order valence-corrected chi connectivity index (χ1v) is 1.81. The zero-order valence-corrected chi connectivity index (χ0v) is 3.97. The average Bonchev–Trinajstić information content (AvgIpc) is 1.68. The Morgan fingerprint density at radius 1 is 1.86 bits per heavy atom. The summed E-state index contributed by atoms with van der Waals surface area (Å²) in [7, 11) is 0. The van der Waals surface area contributed by atoms with Crippen molar-refractivity contribution in [2.24, 2.45) is 0 Å². The molecule has 0 aliphatic rings. The van der Waals surface area contributed by atoms with Gasteiger partial charge in [-0.2, -0.15) is 5.26 Å². The van der Waals surface area contributed by atoms with Crippen LogP contribution in [-0.2, 0) is 0 Å². The van der Waals surface area contributed by atoms with Crippen molar-refractivity contribution in [1.29, 1.82) is 5.26 Å². The molecule has 0 aliphatic carbocycles. The van der Waals surface area contributed by atoms with Crippen LogP contribution in [0.2, 0.25) is 0 Å². The minimum atomic E-state index is -0.373. The molecule has 0 spiro atoms. The van der Waals surface area contributed by atoms with Crippen LogP contribution in [0.4, 0.5) is 0 Å². The Morgan fingerprint density at radius 2 is 2.43 bits per heavy atom. The molecule has 0 bridgehead atoms. The molecule has 2 heteroatoms. The highest BCUT2D eigenvalue weighted by Gasteiger charge is 1.75. The second-order valence-corrected chi connectivity index (χ2v) is 0.893. The first-order chi connectivity index (χ1) is 3.31. The quantitative estimate of drug-likeness (QED) is 0.212. The molecule has 36 valence electrons. The zero-order valence-electron chi connectivity index (χ0n) is 3.97. The lowest BCUT2D eigenvalue weighted by molar-refractivity contribution is 0.438. The normalized spacial score (nSPS) is 5.71. The summed E-state index contributed by atoms with van der Waals surface area (Å²) < 4.78 is 0. The van der Waals surface area contributed by atoms with E-state index in [-0.39, 0.29) is 5.76 Å². The van der Waals surface area contributed by atoms with E-state index in [1.807, 2.05) is 0 Å². The summed E-state index contributed by atoms with van der Waals surface area (Å²) in [6, 6.07) is 1.50. The van der Waals surface area contributed by atoms with Gasteiger partial charge in [-0.05, 0) is 13.0 Å². The summed E-state index contributed by atoms with van der Waals surface area (Å²) >= 11 is 0. The third kappa shape index (κ3) is 2.62. The molecule has 0 unspecified atom stereocenters. The van der Waals surface area contributed by atoms with Gasteiger partial charge in [0.05, 0.1) is 0 Å². The van der Waals surface area contributed by atoms with Crippen molar-refractivity contribution in [3.63, 3.8) is 0 Å². The molecule has 2 nitrogen and oxygen atoms in total. The van der Waals surface area contributed by atoms with Crippen LogP contribution >= 0.6 is 0 Å². The third-order valence-corrected chi connectivity index (χ3v) is 0.387. The van der Waals surface area contributed by atoms with Gasteiger partial charge in [0.1, 0.15) is 6.07 Å². The van der Waals surface area contributed by atoms with E-state index >= 15 is 0 Å². The summed E-state index contributed by atoms with van der Waals surface area (Å²) in [4.78, 5) is 0. The predicted molar refractivity (Wildman–Crippen MR) is 25.5 cm³/mol. The van der Waals surface area contributed by atoms with Gasteiger partial charge in [0, 0.05) is 0 Å². The van der Waals surface area contributed by atoms with Gasteiger partial charge in [-0.3, -0.25) is 0 Å². The molecule has 0 atom stereocenters. The second-order valence-electron chi connectivity index (χ2n) is 0.893. The topological polar surface area (TPSA) is 44.0 Å². The van der Waals surface area contributed by atoms with Gasteiger partial charge in [0.2, 0.25) is 5.76 Å². The van der Waals surface area contributed by atoms with E-state index in [2.05, 4.69) is 5.73 Å². The van der Waals surface area contributed by atoms with Gasteiger partial charge in [0.25, 0.3) is 0 Å². The van der Waals surface area contributed by atoms with Crippen LogP contribution in [-0.4, -0.2) is 5.11 Å². The van der Waals surface area contributed by atoms with Crippen molar-refractivity contribution in [2.75, 3.05) is 0 Å². The van der Waals surface area contributed by atoms with E-state index < -0.39 is 0 Å². The molecule has 0 aliphatic heterocycles. The van der Waals surface area contributed by atoms with Gasteiger partial charge in [-0.15, -0.1) is 0 Å². The second kappa shape index (κ2) is 3.02. The molecule has 0 aromatic heterocycles. The maximum atomic E-state index is 8.27. The monoisotopic (exact) mass is 95.0 g/mol. The van der Waals surface area contributed by atoms with E-state index in [1.165, 1.54) is 12.1 Å². The lowest BCUT2D eigenvalue weighted by Crippen LogP contribution is -1.64. The van der Waals surface area contributed by atoms with E-state index in [9.17, 15) is 0 Å². The highest BCUT2D eigenvalue weighted by Crippen LogP contribution is 1.75. The molecule has 7 heavy (non-hydrogen) atoms. The number of nitriles is 1. The smallest absolute Gasteiger partial charge is 0.239 e. The van der Waals surface area contributed by atoms with Crippen molar-refractivity contribution in [2.45, 2.75) is 6.92 Å². The first kappa shape index (κ1) is 5.81. The lowest BCUT2D eigenvalue weighted by Gasteiger charge is -1.68. The van der Waals surface area contributed by atoms with E-state index in [4.69, 9.17) is 10.4 Å².